The van der Waals surface area contributed by atoms with Crippen molar-refractivity contribution in [2.75, 3.05) is 0 Å². The molecule has 1 heterocycles. The molecule has 0 fully saturated rings. The number of halogens is 2. The Kier molecular flexibility index (Phi) is 4.11. The number of fused-ring (bicyclic) bond motifs is 1. The van der Waals surface area contributed by atoms with Crippen molar-refractivity contribution in [2.24, 2.45) is 0 Å². The second-order valence-corrected chi connectivity index (χ2v) is 6.69. The molecule has 4 heteroatoms. The molecule has 0 amide bonds. The van der Waals surface area contributed by atoms with Crippen molar-refractivity contribution in [3.8, 4) is 0 Å². The topological polar surface area (TPSA) is 20.2 Å². The minimum absolute atomic E-state index is 0.114. The van der Waals surface area contributed by atoms with E-state index in [-0.39, 0.29) is 10.9 Å². The van der Waals surface area contributed by atoms with E-state index >= 15 is 0 Å². The molecular formula is C16H16ClFOS. The van der Waals surface area contributed by atoms with E-state index in [1.54, 1.807) is 23.5 Å². The highest BCUT2D eigenvalue weighted by Crippen LogP contribution is 2.38. The Labute approximate surface area is 127 Å². The molecule has 2 atom stereocenters. The average Bonchev–Trinajstić information content (AvgIpc) is 2.92. The van der Waals surface area contributed by atoms with Crippen LogP contribution in [0, 0.1) is 5.82 Å². The smallest absolute Gasteiger partial charge is 0.145 e. The van der Waals surface area contributed by atoms with Gasteiger partial charge in [0.05, 0.1) is 11.1 Å². The highest BCUT2D eigenvalue weighted by atomic mass is 35.5. The van der Waals surface area contributed by atoms with Crippen molar-refractivity contribution >= 4 is 22.9 Å². The lowest BCUT2D eigenvalue weighted by atomic mass is 9.82. The van der Waals surface area contributed by atoms with Gasteiger partial charge in [-0.15, -0.1) is 11.3 Å². The van der Waals surface area contributed by atoms with E-state index in [1.807, 2.05) is 0 Å². The number of hydrogen-bond donors (Lipinski definition) is 1. The summed E-state index contributed by atoms with van der Waals surface area (Å²) in [7, 11) is 0. The average molecular weight is 311 g/mol. The summed E-state index contributed by atoms with van der Waals surface area (Å²) >= 11 is 7.54. The molecule has 0 saturated heterocycles. The summed E-state index contributed by atoms with van der Waals surface area (Å²) in [6.07, 6.45) is 2.91. The molecule has 1 aromatic heterocycles. The van der Waals surface area contributed by atoms with Crippen LogP contribution in [0.4, 0.5) is 4.39 Å². The number of hydrogen-bond acceptors (Lipinski definition) is 2. The van der Waals surface area contributed by atoms with Gasteiger partial charge in [-0.2, -0.15) is 0 Å². The third-order valence-corrected chi connectivity index (χ3v) is 5.31. The summed E-state index contributed by atoms with van der Waals surface area (Å²) in [6, 6.07) is 7.05. The van der Waals surface area contributed by atoms with Gasteiger partial charge in [-0.3, -0.25) is 0 Å². The molecule has 1 aliphatic rings. The van der Waals surface area contributed by atoms with Gasteiger partial charge in [0.15, 0.2) is 0 Å². The third-order valence-electron chi connectivity index (χ3n) is 4.02. The van der Waals surface area contributed by atoms with Crippen LogP contribution in [0.5, 0.6) is 0 Å². The van der Waals surface area contributed by atoms with Crippen LogP contribution in [-0.4, -0.2) is 11.2 Å². The van der Waals surface area contributed by atoms with Gasteiger partial charge in [-0.25, -0.2) is 4.39 Å². The van der Waals surface area contributed by atoms with Gasteiger partial charge in [0.1, 0.15) is 5.82 Å². The Bertz CT molecular complexity index is 610. The number of benzene rings is 1. The van der Waals surface area contributed by atoms with Gasteiger partial charge in [0.25, 0.3) is 0 Å². The summed E-state index contributed by atoms with van der Waals surface area (Å²) < 4.78 is 13.9. The van der Waals surface area contributed by atoms with E-state index in [0.29, 0.717) is 12.0 Å². The molecule has 0 spiro atoms. The highest BCUT2D eigenvalue weighted by molar-refractivity contribution is 7.10. The van der Waals surface area contributed by atoms with E-state index in [1.165, 1.54) is 16.5 Å². The van der Waals surface area contributed by atoms with Gasteiger partial charge >= 0.3 is 0 Å². The SMILES string of the molecule is OC(Cc1cccc(Cl)c1F)C1CCCc2sccc21. The van der Waals surface area contributed by atoms with Gasteiger partial charge in [0.2, 0.25) is 0 Å². The first-order valence-electron chi connectivity index (χ1n) is 6.84. The molecule has 0 saturated carbocycles. The lowest BCUT2D eigenvalue weighted by Crippen LogP contribution is -2.24. The monoisotopic (exact) mass is 310 g/mol. The third kappa shape index (κ3) is 2.62. The highest BCUT2D eigenvalue weighted by Gasteiger charge is 2.28. The Hall–Kier alpha value is -0.900. The molecule has 20 heavy (non-hydrogen) atoms. The Morgan fingerprint density at radius 1 is 1.40 bits per heavy atom. The van der Waals surface area contributed by atoms with E-state index in [4.69, 9.17) is 11.6 Å². The second-order valence-electron chi connectivity index (χ2n) is 5.28. The van der Waals surface area contributed by atoms with Crippen LogP contribution in [0.25, 0.3) is 0 Å². The maximum Gasteiger partial charge on any atom is 0.145 e. The standard InChI is InChI=1S/C16H16ClFOS/c17-13-5-1-3-10(16(13)18)9-14(19)11-4-2-6-15-12(11)7-8-20-15/h1,3,5,7-8,11,14,19H,2,4,6,9H2. The fraction of sp³-hybridized carbons (Fsp3) is 0.375. The maximum absolute atomic E-state index is 13.9. The number of thiophene rings is 1. The molecule has 0 bridgehead atoms. The molecule has 106 valence electrons. The summed E-state index contributed by atoms with van der Waals surface area (Å²) in [6.45, 7) is 0. The van der Waals surface area contributed by atoms with Crippen molar-refractivity contribution in [2.45, 2.75) is 37.7 Å². The van der Waals surface area contributed by atoms with E-state index in [9.17, 15) is 9.50 Å². The Morgan fingerprint density at radius 3 is 3.10 bits per heavy atom. The number of aliphatic hydroxyl groups excluding tert-OH is 1. The lowest BCUT2D eigenvalue weighted by molar-refractivity contribution is 0.134. The van der Waals surface area contributed by atoms with Crippen LogP contribution >= 0.6 is 22.9 Å². The van der Waals surface area contributed by atoms with Gasteiger partial charge < -0.3 is 5.11 Å². The molecule has 3 rings (SSSR count). The fourth-order valence-electron chi connectivity index (χ4n) is 3.00. The van der Waals surface area contributed by atoms with Gasteiger partial charge in [-0.1, -0.05) is 23.7 Å². The molecule has 2 aromatic rings. The zero-order valence-electron chi connectivity index (χ0n) is 11.0. The first-order chi connectivity index (χ1) is 9.66. The normalized spacial score (nSPS) is 19.6. The van der Waals surface area contributed by atoms with Crippen LogP contribution < -0.4 is 0 Å². The van der Waals surface area contributed by atoms with Gasteiger partial charge in [-0.05, 0) is 47.9 Å². The van der Waals surface area contributed by atoms with Gasteiger partial charge in [0, 0.05) is 17.2 Å². The number of aryl methyl sites for hydroxylation is 1. The van der Waals surface area contributed by atoms with Crippen LogP contribution in [0.2, 0.25) is 5.02 Å². The van der Waals surface area contributed by atoms with Crippen LogP contribution in [-0.2, 0) is 12.8 Å². The van der Waals surface area contributed by atoms with Crippen molar-refractivity contribution in [1.82, 2.24) is 0 Å². The van der Waals surface area contributed by atoms with E-state index in [0.717, 1.165) is 19.3 Å². The molecule has 1 N–H and O–H groups in total. The number of rotatable bonds is 3. The summed E-state index contributed by atoms with van der Waals surface area (Å²) in [5.41, 5.74) is 1.74. The Balaban J connectivity index is 1.81. The zero-order valence-corrected chi connectivity index (χ0v) is 12.6. The number of aliphatic hydroxyl groups is 1. The van der Waals surface area contributed by atoms with E-state index in [2.05, 4.69) is 11.4 Å². The van der Waals surface area contributed by atoms with Crippen LogP contribution in [0.15, 0.2) is 29.6 Å². The van der Waals surface area contributed by atoms with Crippen molar-refractivity contribution < 1.29 is 9.50 Å². The van der Waals surface area contributed by atoms with Crippen molar-refractivity contribution in [1.29, 1.82) is 0 Å². The minimum Gasteiger partial charge on any atom is -0.392 e. The van der Waals surface area contributed by atoms with Crippen LogP contribution in [0.3, 0.4) is 0 Å². The first-order valence-corrected chi connectivity index (χ1v) is 8.10. The van der Waals surface area contributed by atoms with E-state index < -0.39 is 11.9 Å². The quantitative estimate of drug-likeness (QED) is 0.881. The van der Waals surface area contributed by atoms with Crippen molar-refractivity contribution in [3.05, 3.63) is 56.5 Å². The molecule has 1 aliphatic carbocycles. The zero-order chi connectivity index (χ0) is 14.1. The largest absolute Gasteiger partial charge is 0.392 e. The fourth-order valence-corrected chi connectivity index (χ4v) is 4.19. The molecule has 0 aliphatic heterocycles. The lowest BCUT2D eigenvalue weighted by Gasteiger charge is -2.27. The first kappa shape index (κ1) is 14.1. The summed E-state index contributed by atoms with van der Waals surface area (Å²) in [5.74, 6) is -0.294. The summed E-state index contributed by atoms with van der Waals surface area (Å²) in [5, 5.41) is 12.7. The predicted molar refractivity (Wildman–Crippen MR) is 81.1 cm³/mol. The molecule has 2 unspecified atom stereocenters. The predicted octanol–water partition coefficient (Wildman–Crippen LogP) is 4.56. The van der Waals surface area contributed by atoms with Crippen LogP contribution in [0.1, 0.15) is 34.8 Å². The minimum atomic E-state index is -0.559. The molecule has 0 radical (unpaired) electrons. The van der Waals surface area contributed by atoms with Crippen molar-refractivity contribution in [3.63, 3.8) is 0 Å². The Morgan fingerprint density at radius 2 is 2.25 bits per heavy atom. The molecule has 1 nitrogen and oxygen atoms in total. The second kappa shape index (κ2) is 5.84. The maximum atomic E-state index is 13.9. The molecular weight excluding hydrogens is 295 g/mol. The summed E-state index contributed by atoms with van der Waals surface area (Å²) in [4.78, 5) is 1.37. The molecule has 1 aromatic carbocycles.